The Hall–Kier alpha value is -3.47. The maximum Gasteiger partial charge on any atom is 0.321 e. The van der Waals surface area contributed by atoms with Crippen molar-refractivity contribution >= 4 is 30.2 Å². The van der Waals surface area contributed by atoms with Gasteiger partial charge in [0.05, 0.1) is 6.42 Å². The quantitative estimate of drug-likeness (QED) is 0.123. The Kier molecular flexibility index (Phi) is 12.0. The molecule has 2 atom stereocenters. The number of aliphatic carboxylic acids is 3. The highest BCUT2D eigenvalue weighted by Crippen LogP contribution is 2.03. The Balaban J connectivity index is 0.000000717. The standard InChI is InChI=1S/C10H18N4O6.C8H8O/c11-10(12)13-3-1-2-5(8(17)18)14-6(9(19)20)4-7(15)16;1-7-2-4-8(6-9)5-3-7/h5-6,14H,1-4H2,(H,15,16)(H,17,18)(H,19,20)(H4,11,12,13);2-6H,1H3/t5-,6?;/m0./s1. The van der Waals surface area contributed by atoms with E-state index >= 15 is 0 Å². The molecule has 0 bridgehead atoms. The molecule has 11 heteroatoms. The largest absolute Gasteiger partial charge is 0.481 e. The summed E-state index contributed by atoms with van der Waals surface area (Å²) in [5, 5.41) is 28.6. The van der Waals surface area contributed by atoms with Crippen LogP contribution in [-0.4, -0.2) is 64.1 Å². The predicted octanol–water partition coefficient (Wildman–Crippen LogP) is -0.182. The van der Waals surface area contributed by atoms with Gasteiger partial charge in [0, 0.05) is 12.1 Å². The molecule has 0 aliphatic rings. The first-order valence-corrected chi connectivity index (χ1v) is 8.57. The topological polar surface area (TPSA) is 205 Å². The van der Waals surface area contributed by atoms with Crippen molar-refractivity contribution in [1.29, 1.82) is 0 Å². The summed E-state index contributed by atoms with van der Waals surface area (Å²) in [6.45, 7) is 2.19. The van der Waals surface area contributed by atoms with Crippen LogP contribution < -0.4 is 16.8 Å². The zero-order valence-electron chi connectivity index (χ0n) is 15.9. The van der Waals surface area contributed by atoms with E-state index in [-0.39, 0.29) is 18.9 Å². The molecule has 1 unspecified atom stereocenters. The number of nitrogens with two attached hydrogens (primary N) is 2. The van der Waals surface area contributed by atoms with Gasteiger partial charge in [0.1, 0.15) is 18.4 Å². The SMILES string of the molecule is Cc1ccc(C=O)cc1.NC(N)=NCCC[C@H](NC(CC(=O)O)C(=O)O)C(=O)O. The molecule has 8 N–H and O–H groups in total. The van der Waals surface area contributed by atoms with Crippen molar-refractivity contribution in [2.24, 2.45) is 16.5 Å². The number of carboxylic acids is 3. The Morgan fingerprint density at radius 1 is 1.07 bits per heavy atom. The number of rotatable bonds is 11. The molecule has 1 aromatic rings. The van der Waals surface area contributed by atoms with E-state index in [0.717, 1.165) is 11.8 Å². The number of guanidine groups is 1. The fraction of sp³-hybridized carbons (Fsp3) is 0.389. The first-order chi connectivity index (χ1) is 13.6. The van der Waals surface area contributed by atoms with Gasteiger partial charge in [-0.05, 0) is 19.8 Å². The minimum absolute atomic E-state index is 0.0650. The lowest BCUT2D eigenvalue weighted by Crippen LogP contribution is -2.48. The Morgan fingerprint density at radius 3 is 2.03 bits per heavy atom. The number of carbonyl (C=O) groups is 4. The number of carbonyl (C=O) groups excluding carboxylic acids is 1. The van der Waals surface area contributed by atoms with Gasteiger partial charge in [-0.25, -0.2) is 0 Å². The van der Waals surface area contributed by atoms with Crippen LogP contribution >= 0.6 is 0 Å². The van der Waals surface area contributed by atoms with E-state index < -0.39 is 36.4 Å². The smallest absolute Gasteiger partial charge is 0.321 e. The molecule has 0 fully saturated rings. The maximum absolute atomic E-state index is 11.0. The number of nitrogens with one attached hydrogen (secondary N) is 1. The minimum Gasteiger partial charge on any atom is -0.481 e. The molecule has 0 radical (unpaired) electrons. The molecule has 0 aliphatic carbocycles. The highest BCUT2D eigenvalue weighted by molar-refractivity contribution is 5.82. The van der Waals surface area contributed by atoms with Crippen molar-refractivity contribution in [2.75, 3.05) is 6.54 Å². The lowest BCUT2D eigenvalue weighted by molar-refractivity contribution is -0.147. The normalized spacial score (nSPS) is 11.9. The monoisotopic (exact) mass is 410 g/mol. The van der Waals surface area contributed by atoms with Crippen molar-refractivity contribution < 1.29 is 34.5 Å². The van der Waals surface area contributed by atoms with Crippen molar-refractivity contribution in [3.63, 3.8) is 0 Å². The summed E-state index contributed by atoms with van der Waals surface area (Å²) in [6, 6.07) is 4.79. The minimum atomic E-state index is -1.48. The van der Waals surface area contributed by atoms with Gasteiger partial charge in [-0.2, -0.15) is 0 Å². The summed E-state index contributed by atoms with van der Waals surface area (Å²) < 4.78 is 0. The number of hydrogen-bond acceptors (Lipinski definition) is 6. The molecule has 0 spiro atoms. The predicted molar refractivity (Wildman–Crippen MR) is 105 cm³/mol. The molecular weight excluding hydrogens is 384 g/mol. The molecule has 29 heavy (non-hydrogen) atoms. The van der Waals surface area contributed by atoms with Crippen LogP contribution in [0, 0.1) is 6.92 Å². The third-order valence-electron chi connectivity index (χ3n) is 3.54. The highest BCUT2D eigenvalue weighted by Gasteiger charge is 2.27. The van der Waals surface area contributed by atoms with Crippen molar-refractivity contribution in [3.8, 4) is 0 Å². The second-order valence-electron chi connectivity index (χ2n) is 6.02. The average molecular weight is 410 g/mol. The number of nitrogens with zero attached hydrogens (tertiary/aromatic N) is 1. The van der Waals surface area contributed by atoms with Crippen LogP contribution in [0.5, 0.6) is 0 Å². The molecule has 0 saturated heterocycles. The van der Waals surface area contributed by atoms with Gasteiger partial charge in [0.15, 0.2) is 5.96 Å². The van der Waals surface area contributed by atoms with Crippen molar-refractivity contribution in [1.82, 2.24) is 5.32 Å². The molecule has 0 saturated carbocycles. The third kappa shape index (κ3) is 12.5. The Morgan fingerprint density at radius 2 is 1.62 bits per heavy atom. The molecule has 1 rings (SSSR count). The van der Waals surface area contributed by atoms with E-state index in [9.17, 15) is 19.2 Å². The van der Waals surface area contributed by atoms with Gasteiger partial charge in [0.25, 0.3) is 0 Å². The highest BCUT2D eigenvalue weighted by atomic mass is 16.4. The average Bonchev–Trinajstić information content (AvgIpc) is 2.63. The maximum atomic E-state index is 11.0. The van der Waals surface area contributed by atoms with Crippen molar-refractivity contribution in [3.05, 3.63) is 35.4 Å². The van der Waals surface area contributed by atoms with Gasteiger partial charge >= 0.3 is 17.9 Å². The molecule has 160 valence electrons. The van der Waals surface area contributed by atoms with Gasteiger partial charge in [-0.1, -0.05) is 29.8 Å². The first-order valence-electron chi connectivity index (χ1n) is 8.57. The third-order valence-corrected chi connectivity index (χ3v) is 3.54. The van der Waals surface area contributed by atoms with Gasteiger partial charge in [0.2, 0.25) is 0 Å². The molecule has 0 aromatic heterocycles. The molecule has 0 heterocycles. The van der Waals surface area contributed by atoms with Crippen molar-refractivity contribution in [2.45, 2.75) is 38.3 Å². The summed E-state index contributed by atoms with van der Waals surface area (Å²) in [5.41, 5.74) is 12.1. The van der Waals surface area contributed by atoms with E-state index in [0.29, 0.717) is 6.42 Å². The second-order valence-corrected chi connectivity index (χ2v) is 6.02. The van der Waals surface area contributed by atoms with Crippen LogP contribution in [0.2, 0.25) is 0 Å². The summed E-state index contributed by atoms with van der Waals surface area (Å²) in [4.78, 5) is 46.1. The van der Waals surface area contributed by atoms with E-state index in [1.165, 1.54) is 5.56 Å². The fourth-order valence-corrected chi connectivity index (χ4v) is 2.06. The number of aliphatic imine (C=N–C) groups is 1. The van der Waals surface area contributed by atoms with E-state index in [1.54, 1.807) is 0 Å². The number of benzene rings is 1. The van der Waals surface area contributed by atoms with Crippen LogP contribution in [0.25, 0.3) is 0 Å². The Bertz CT molecular complexity index is 715. The van der Waals surface area contributed by atoms with Crippen LogP contribution in [-0.2, 0) is 14.4 Å². The van der Waals surface area contributed by atoms with Crippen LogP contribution in [0.3, 0.4) is 0 Å². The van der Waals surface area contributed by atoms with Gasteiger partial charge in [-0.3, -0.25) is 29.5 Å². The van der Waals surface area contributed by atoms with Gasteiger partial charge < -0.3 is 26.8 Å². The van der Waals surface area contributed by atoms with E-state index in [2.05, 4.69) is 10.3 Å². The number of carboxylic acid groups (broad SMARTS) is 3. The number of hydrogen-bond donors (Lipinski definition) is 6. The molecule has 1 aromatic carbocycles. The van der Waals surface area contributed by atoms with E-state index in [1.807, 2.05) is 31.2 Å². The molecular formula is C18H26N4O7. The number of aryl methyl sites for hydroxylation is 1. The second kappa shape index (κ2) is 13.7. The first kappa shape index (κ1) is 25.5. The van der Waals surface area contributed by atoms with E-state index in [4.69, 9.17) is 26.8 Å². The molecule has 0 aliphatic heterocycles. The Labute approximate surface area is 167 Å². The van der Waals surface area contributed by atoms with Crippen LogP contribution in [0.15, 0.2) is 29.3 Å². The number of aldehydes is 1. The summed E-state index contributed by atoms with van der Waals surface area (Å²) in [7, 11) is 0. The summed E-state index contributed by atoms with van der Waals surface area (Å²) in [5.74, 6) is -4.16. The lowest BCUT2D eigenvalue weighted by atomic mass is 10.1. The van der Waals surface area contributed by atoms with Crippen LogP contribution in [0.1, 0.15) is 35.2 Å². The van der Waals surface area contributed by atoms with Crippen LogP contribution in [0.4, 0.5) is 0 Å². The molecule has 11 nitrogen and oxygen atoms in total. The fourth-order valence-electron chi connectivity index (χ4n) is 2.06. The van der Waals surface area contributed by atoms with Gasteiger partial charge in [-0.15, -0.1) is 0 Å². The lowest BCUT2D eigenvalue weighted by Gasteiger charge is -2.18. The summed E-state index contributed by atoms with van der Waals surface area (Å²) >= 11 is 0. The molecule has 0 amide bonds. The zero-order valence-corrected chi connectivity index (χ0v) is 15.9. The zero-order chi connectivity index (χ0) is 22.4. The summed E-state index contributed by atoms with van der Waals surface area (Å²) in [6.07, 6.45) is 0.503.